The molecule has 0 bridgehead atoms. The van der Waals surface area contributed by atoms with E-state index in [0.717, 1.165) is 38.5 Å². The van der Waals surface area contributed by atoms with Crippen LogP contribution in [0.5, 0.6) is 0 Å². The summed E-state index contributed by atoms with van der Waals surface area (Å²) in [7, 11) is 0. The van der Waals surface area contributed by atoms with Gasteiger partial charge in [-0.3, -0.25) is 14.4 Å². The first kappa shape index (κ1) is 25.5. The van der Waals surface area contributed by atoms with Crippen molar-refractivity contribution in [3.05, 3.63) is 0 Å². The van der Waals surface area contributed by atoms with Crippen LogP contribution < -0.4 is 0 Å². The summed E-state index contributed by atoms with van der Waals surface area (Å²) >= 11 is 0. The van der Waals surface area contributed by atoms with Crippen molar-refractivity contribution in [2.24, 2.45) is 46.3 Å². The number of hydrogen-bond donors (Lipinski definition) is 1. The molecule has 34 heavy (non-hydrogen) atoms. The van der Waals surface area contributed by atoms with Crippen molar-refractivity contribution in [3.63, 3.8) is 0 Å². The standard InChI is InChI=1S/C28H44O6/c1-16(6-11-26(31)32)22-9-10-23-21-8-7-19-14-20(33-17(2)29)12-13-27(19,4)24(21)15-25(28(22,23)5)34-18(3)30/h16,19-25H,6-15H2,1-5H3,(H,31,32)/t16?,19-,20-,21+,22-,23+,24+,25+,27+,28-/m1/s1. The minimum atomic E-state index is -0.734. The van der Waals surface area contributed by atoms with Gasteiger partial charge in [0.15, 0.2) is 0 Å². The van der Waals surface area contributed by atoms with Gasteiger partial charge >= 0.3 is 17.9 Å². The molecule has 0 heterocycles. The van der Waals surface area contributed by atoms with Crippen molar-refractivity contribution in [2.75, 3.05) is 0 Å². The minimum Gasteiger partial charge on any atom is -0.481 e. The third-order valence-electron chi connectivity index (χ3n) is 10.9. The van der Waals surface area contributed by atoms with Crippen LogP contribution in [0, 0.1) is 46.3 Å². The molecule has 4 aliphatic carbocycles. The van der Waals surface area contributed by atoms with Crippen LogP contribution >= 0.6 is 0 Å². The third kappa shape index (κ3) is 4.39. The topological polar surface area (TPSA) is 89.9 Å². The van der Waals surface area contributed by atoms with Gasteiger partial charge in [-0.2, -0.15) is 0 Å². The van der Waals surface area contributed by atoms with Crippen LogP contribution in [-0.2, 0) is 23.9 Å². The second-order valence-electron chi connectivity index (χ2n) is 12.5. The predicted molar refractivity (Wildman–Crippen MR) is 128 cm³/mol. The Morgan fingerprint density at radius 3 is 2.29 bits per heavy atom. The Hall–Kier alpha value is -1.59. The van der Waals surface area contributed by atoms with E-state index in [9.17, 15) is 19.5 Å². The minimum absolute atomic E-state index is 0.0381. The van der Waals surface area contributed by atoms with Crippen LogP contribution in [0.25, 0.3) is 0 Å². The summed E-state index contributed by atoms with van der Waals surface area (Å²) in [6, 6.07) is 0. The zero-order valence-electron chi connectivity index (χ0n) is 21.7. The number of carbonyl (C=O) groups excluding carboxylic acids is 2. The molecule has 0 radical (unpaired) electrons. The number of esters is 2. The van der Waals surface area contributed by atoms with Crippen LogP contribution in [0.3, 0.4) is 0 Å². The summed E-state index contributed by atoms with van der Waals surface area (Å²) in [5.41, 5.74) is 0.0925. The molecule has 0 aromatic heterocycles. The highest BCUT2D eigenvalue weighted by Gasteiger charge is 2.65. The number of ether oxygens (including phenoxy) is 2. The Balaban J connectivity index is 1.60. The normalized spacial score (nSPS) is 44.2. The highest BCUT2D eigenvalue weighted by atomic mass is 16.5. The lowest BCUT2D eigenvalue weighted by molar-refractivity contribution is -0.197. The Morgan fingerprint density at radius 1 is 0.941 bits per heavy atom. The van der Waals surface area contributed by atoms with Crippen LogP contribution in [0.2, 0.25) is 0 Å². The number of rotatable bonds is 6. The first-order valence-electron chi connectivity index (χ1n) is 13.5. The number of carboxylic acids is 1. The number of fused-ring (bicyclic) bond motifs is 5. The summed E-state index contributed by atoms with van der Waals surface area (Å²) in [5, 5.41) is 9.24. The van der Waals surface area contributed by atoms with E-state index in [1.54, 1.807) is 0 Å². The fourth-order valence-electron chi connectivity index (χ4n) is 9.39. The van der Waals surface area contributed by atoms with Crippen molar-refractivity contribution >= 4 is 17.9 Å². The average Bonchev–Trinajstić information content (AvgIpc) is 3.10. The molecular weight excluding hydrogens is 432 g/mol. The van der Waals surface area contributed by atoms with Crippen LogP contribution in [0.15, 0.2) is 0 Å². The van der Waals surface area contributed by atoms with Crippen molar-refractivity contribution in [1.82, 2.24) is 0 Å². The van der Waals surface area contributed by atoms with Gasteiger partial charge in [0, 0.05) is 25.7 Å². The Bertz CT molecular complexity index is 809. The van der Waals surface area contributed by atoms with Crippen LogP contribution in [-0.4, -0.2) is 35.2 Å². The Kier molecular flexibility index (Phi) is 7.10. The maximum atomic E-state index is 12.3. The van der Waals surface area contributed by atoms with E-state index in [-0.39, 0.29) is 41.4 Å². The van der Waals surface area contributed by atoms with E-state index >= 15 is 0 Å². The van der Waals surface area contributed by atoms with Crippen molar-refractivity contribution < 1.29 is 29.0 Å². The second kappa shape index (κ2) is 9.46. The lowest BCUT2D eigenvalue weighted by Gasteiger charge is -2.62. The summed E-state index contributed by atoms with van der Waals surface area (Å²) < 4.78 is 11.7. The van der Waals surface area contributed by atoms with E-state index in [4.69, 9.17) is 9.47 Å². The van der Waals surface area contributed by atoms with Gasteiger partial charge < -0.3 is 14.6 Å². The Morgan fingerprint density at radius 2 is 1.65 bits per heavy atom. The molecule has 6 nitrogen and oxygen atoms in total. The molecule has 4 rings (SSSR count). The van der Waals surface area contributed by atoms with Crippen molar-refractivity contribution in [1.29, 1.82) is 0 Å². The van der Waals surface area contributed by atoms with E-state index in [1.165, 1.54) is 26.7 Å². The number of carbonyl (C=O) groups is 3. The molecule has 10 atom stereocenters. The van der Waals surface area contributed by atoms with E-state index in [2.05, 4.69) is 20.8 Å². The van der Waals surface area contributed by atoms with Crippen molar-refractivity contribution in [2.45, 2.75) is 111 Å². The van der Waals surface area contributed by atoms with Crippen LogP contribution in [0.1, 0.15) is 98.8 Å². The largest absolute Gasteiger partial charge is 0.481 e. The molecule has 0 saturated heterocycles. The van der Waals surface area contributed by atoms with Gasteiger partial charge in [0.25, 0.3) is 0 Å². The average molecular weight is 477 g/mol. The molecule has 0 spiro atoms. The van der Waals surface area contributed by atoms with E-state index < -0.39 is 5.97 Å². The highest BCUT2D eigenvalue weighted by molar-refractivity contribution is 5.67. The van der Waals surface area contributed by atoms with Gasteiger partial charge in [0.2, 0.25) is 0 Å². The molecule has 1 unspecified atom stereocenters. The first-order valence-corrected chi connectivity index (χ1v) is 13.5. The molecule has 4 saturated carbocycles. The zero-order valence-corrected chi connectivity index (χ0v) is 21.7. The maximum absolute atomic E-state index is 12.3. The molecule has 4 fully saturated rings. The second-order valence-corrected chi connectivity index (χ2v) is 12.5. The van der Waals surface area contributed by atoms with Gasteiger partial charge in [-0.05, 0) is 98.7 Å². The lowest BCUT2D eigenvalue weighted by atomic mass is 9.43. The quantitative estimate of drug-likeness (QED) is 0.501. The fourth-order valence-corrected chi connectivity index (χ4v) is 9.39. The van der Waals surface area contributed by atoms with Crippen LogP contribution in [0.4, 0.5) is 0 Å². The summed E-state index contributed by atoms with van der Waals surface area (Å²) in [5.74, 6) is 1.75. The number of hydrogen-bond acceptors (Lipinski definition) is 5. The third-order valence-corrected chi connectivity index (χ3v) is 10.9. The van der Waals surface area contributed by atoms with Crippen molar-refractivity contribution in [3.8, 4) is 0 Å². The van der Waals surface area contributed by atoms with Gasteiger partial charge in [-0.1, -0.05) is 20.8 Å². The van der Waals surface area contributed by atoms with E-state index in [0.29, 0.717) is 41.9 Å². The monoisotopic (exact) mass is 476 g/mol. The molecule has 0 amide bonds. The SMILES string of the molecule is CC(=O)O[C@@H]1CC[C@@]2(C)[C@H](CC[C@@H]3[C@@H]2C[C@H](OC(C)=O)[C@]2(C)[C@@H](C(C)CCC(=O)O)CC[C@@H]32)C1. The molecule has 0 aromatic carbocycles. The fraction of sp³-hybridized carbons (Fsp3) is 0.893. The molecule has 4 aliphatic rings. The lowest BCUT2D eigenvalue weighted by Crippen LogP contribution is -2.59. The highest BCUT2D eigenvalue weighted by Crippen LogP contribution is 2.69. The summed E-state index contributed by atoms with van der Waals surface area (Å²) in [6.07, 6.45) is 9.27. The van der Waals surface area contributed by atoms with E-state index in [1.807, 2.05) is 0 Å². The summed E-state index contributed by atoms with van der Waals surface area (Å²) in [4.78, 5) is 35.0. The Labute approximate surface area is 204 Å². The first-order chi connectivity index (χ1) is 16.0. The van der Waals surface area contributed by atoms with Gasteiger partial charge in [-0.15, -0.1) is 0 Å². The number of aliphatic carboxylic acids is 1. The zero-order chi connectivity index (χ0) is 24.8. The smallest absolute Gasteiger partial charge is 0.303 e. The molecule has 1 N–H and O–H groups in total. The summed E-state index contributed by atoms with van der Waals surface area (Å²) in [6.45, 7) is 10.0. The van der Waals surface area contributed by atoms with Gasteiger partial charge in [0.1, 0.15) is 12.2 Å². The van der Waals surface area contributed by atoms with Gasteiger partial charge in [0.05, 0.1) is 0 Å². The number of carboxylic acid groups (broad SMARTS) is 1. The molecule has 192 valence electrons. The predicted octanol–water partition coefficient (Wildman–Crippen LogP) is 5.62. The molecular formula is C28H44O6. The van der Waals surface area contributed by atoms with Gasteiger partial charge in [-0.25, -0.2) is 0 Å². The maximum Gasteiger partial charge on any atom is 0.303 e. The molecule has 0 aromatic rings. The molecule has 0 aliphatic heterocycles. The molecule has 6 heteroatoms.